The van der Waals surface area contributed by atoms with Crippen molar-refractivity contribution in [1.82, 2.24) is 15.3 Å². The van der Waals surface area contributed by atoms with Gasteiger partial charge < -0.3 is 0 Å². The van der Waals surface area contributed by atoms with Crippen LogP contribution in [0.4, 0.5) is 0 Å². The minimum absolute atomic E-state index is 0.146. The molecule has 0 fully saturated rings. The number of amides is 1. The first-order chi connectivity index (χ1) is 8.62. The van der Waals surface area contributed by atoms with Crippen LogP contribution in [0.3, 0.4) is 0 Å². The van der Waals surface area contributed by atoms with Crippen molar-refractivity contribution >= 4 is 5.91 Å². The van der Waals surface area contributed by atoms with Crippen molar-refractivity contribution in [1.29, 1.82) is 0 Å². The number of hydrogen-bond acceptors (Lipinski definition) is 4. The van der Waals surface area contributed by atoms with Crippen LogP contribution in [-0.2, 0) is 11.3 Å². The molecule has 1 heterocycles. The number of aryl methyl sites for hydroxylation is 1. The van der Waals surface area contributed by atoms with E-state index in [9.17, 15) is 4.79 Å². The molecule has 0 saturated heterocycles. The number of nitrogens with one attached hydrogen (secondary N) is 1. The third-order valence-corrected chi connectivity index (χ3v) is 2.99. The Bertz CT molecular complexity index is 394. The maximum Gasteiger partial charge on any atom is 0.251 e. The summed E-state index contributed by atoms with van der Waals surface area (Å²) < 4.78 is 0. The lowest BCUT2D eigenvalue weighted by atomic mass is 10.1. The zero-order valence-corrected chi connectivity index (χ0v) is 11.3. The molecule has 5 heteroatoms. The summed E-state index contributed by atoms with van der Waals surface area (Å²) in [4.78, 5) is 18.2. The predicted octanol–water partition coefficient (Wildman–Crippen LogP) is 0.980. The highest BCUT2D eigenvalue weighted by atomic mass is 16.2. The molecular formula is C13H22N4O. The first kappa shape index (κ1) is 14.6. The van der Waals surface area contributed by atoms with Crippen molar-refractivity contribution in [2.75, 3.05) is 6.54 Å². The molecule has 0 aromatic carbocycles. The summed E-state index contributed by atoms with van der Waals surface area (Å²) in [5.74, 6) is 5.07. The van der Waals surface area contributed by atoms with Gasteiger partial charge in [-0.25, -0.2) is 5.84 Å². The van der Waals surface area contributed by atoms with Crippen LogP contribution in [0.15, 0.2) is 18.2 Å². The minimum Gasteiger partial charge on any atom is -0.293 e. The Morgan fingerprint density at radius 3 is 2.72 bits per heavy atom. The van der Waals surface area contributed by atoms with Gasteiger partial charge in [0.05, 0.1) is 11.7 Å². The van der Waals surface area contributed by atoms with Crippen molar-refractivity contribution in [3.8, 4) is 0 Å². The summed E-state index contributed by atoms with van der Waals surface area (Å²) in [6.45, 7) is 7.41. The lowest BCUT2D eigenvalue weighted by Gasteiger charge is -2.28. The Hall–Kier alpha value is -1.46. The number of pyridine rings is 1. The van der Waals surface area contributed by atoms with Crippen molar-refractivity contribution in [3.05, 3.63) is 29.6 Å². The Labute approximate surface area is 108 Å². The van der Waals surface area contributed by atoms with E-state index < -0.39 is 0 Å². The molecule has 1 aromatic rings. The zero-order chi connectivity index (χ0) is 13.5. The number of aromatic nitrogens is 1. The number of likely N-dealkylation sites (N-methyl/N-ethyl adjacent to an activating group) is 1. The molecule has 5 nitrogen and oxygen atoms in total. The third kappa shape index (κ3) is 3.78. The fraction of sp³-hybridized carbons (Fsp3) is 0.538. The Balaban J connectivity index is 2.80. The van der Waals surface area contributed by atoms with E-state index in [0.29, 0.717) is 6.54 Å². The second kappa shape index (κ2) is 7.08. The smallest absolute Gasteiger partial charge is 0.251 e. The predicted molar refractivity (Wildman–Crippen MR) is 71.5 cm³/mol. The van der Waals surface area contributed by atoms with E-state index in [0.717, 1.165) is 24.4 Å². The molecule has 1 aromatic heterocycles. The standard InChI is InChI=1S/C13H22N4O/c1-4-12(13(18)16-14)17(5-2)9-11-8-6-7-10(3)15-11/h6-8,12H,4-5,9,14H2,1-3H3,(H,16,18). The quantitative estimate of drug-likeness (QED) is 0.448. The summed E-state index contributed by atoms with van der Waals surface area (Å²) >= 11 is 0. The monoisotopic (exact) mass is 250 g/mol. The second-order valence-electron chi connectivity index (χ2n) is 4.27. The number of hydrogen-bond donors (Lipinski definition) is 2. The highest BCUT2D eigenvalue weighted by Crippen LogP contribution is 2.10. The summed E-state index contributed by atoms with van der Waals surface area (Å²) in [5.41, 5.74) is 4.19. The van der Waals surface area contributed by atoms with Crippen LogP contribution < -0.4 is 11.3 Å². The maximum atomic E-state index is 11.7. The molecule has 0 saturated carbocycles. The van der Waals surface area contributed by atoms with E-state index in [-0.39, 0.29) is 11.9 Å². The summed E-state index contributed by atoms with van der Waals surface area (Å²) in [6.07, 6.45) is 0.725. The molecule has 0 aliphatic rings. The van der Waals surface area contributed by atoms with Gasteiger partial charge in [-0.2, -0.15) is 0 Å². The average Bonchev–Trinajstić information content (AvgIpc) is 2.38. The molecule has 0 radical (unpaired) electrons. The van der Waals surface area contributed by atoms with Crippen molar-refractivity contribution in [3.63, 3.8) is 0 Å². The van der Waals surface area contributed by atoms with Gasteiger partial charge in [-0.05, 0) is 32.0 Å². The average molecular weight is 250 g/mol. The Kier molecular flexibility index (Phi) is 5.74. The fourth-order valence-electron chi connectivity index (χ4n) is 2.04. The van der Waals surface area contributed by atoms with Gasteiger partial charge in [-0.3, -0.25) is 20.1 Å². The molecule has 0 aliphatic heterocycles. The third-order valence-electron chi connectivity index (χ3n) is 2.99. The molecular weight excluding hydrogens is 228 g/mol. The van der Waals surface area contributed by atoms with Gasteiger partial charge in [-0.1, -0.05) is 19.9 Å². The number of carbonyl (C=O) groups excluding carboxylic acids is 1. The highest BCUT2D eigenvalue weighted by molar-refractivity contribution is 5.81. The van der Waals surface area contributed by atoms with Gasteiger partial charge in [0.1, 0.15) is 0 Å². The Morgan fingerprint density at radius 2 is 2.22 bits per heavy atom. The van der Waals surface area contributed by atoms with Gasteiger partial charge >= 0.3 is 0 Å². The molecule has 1 atom stereocenters. The molecule has 100 valence electrons. The van der Waals surface area contributed by atoms with Crippen LogP contribution in [0.5, 0.6) is 0 Å². The number of nitrogens with two attached hydrogens (primary N) is 1. The van der Waals surface area contributed by atoms with Gasteiger partial charge in [0, 0.05) is 12.2 Å². The lowest BCUT2D eigenvalue weighted by molar-refractivity contribution is -0.126. The molecule has 18 heavy (non-hydrogen) atoms. The van der Waals surface area contributed by atoms with Crippen LogP contribution >= 0.6 is 0 Å². The number of hydrazine groups is 1. The first-order valence-corrected chi connectivity index (χ1v) is 6.29. The lowest BCUT2D eigenvalue weighted by Crippen LogP contribution is -2.48. The molecule has 1 unspecified atom stereocenters. The normalized spacial score (nSPS) is 12.5. The molecule has 0 bridgehead atoms. The van der Waals surface area contributed by atoms with Crippen LogP contribution in [0.25, 0.3) is 0 Å². The van der Waals surface area contributed by atoms with Crippen LogP contribution in [0.2, 0.25) is 0 Å². The van der Waals surface area contributed by atoms with E-state index in [2.05, 4.69) is 15.3 Å². The topological polar surface area (TPSA) is 71.2 Å². The largest absolute Gasteiger partial charge is 0.293 e. The van der Waals surface area contributed by atoms with Gasteiger partial charge in [-0.15, -0.1) is 0 Å². The Morgan fingerprint density at radius 1 is 1.50 bits per heavy atom. The minimum atomic E-state index is -0.206. The summed E-state index contributed by atoms with van der Waals surface area (Å²) in [6, 6.07) is 5.71. The van der Waals surface area contributed by atoms with E-state index in [1.807, 2.05) is 39.0 Å². The molecule has 0 aliphatic carbocycles. The van der Waals surface area contributed by atoms with Crippen molar-refractivity contribution in [2.24, 2.45) is 5.84 Å². The molecule has 1 amide bonds. The van der Waals surface area contributed by atoms with Gasteiger partial charge in [0.15, 0.2) is 0 Å². The fourth-order valence-corrected chi connectivity index (χ4v) is 2.04. The van der Waals surface area contributed by atoms with E-state index in [1.165, 1.54) is 0 Å². The van der Waals surface area contributed by atoms with Gasteiger partial charge in [0.25, 0.3) is 5.91 Å². The molecule has 3 N–H and O–H groups in total. The number of carbonyl (C=O) groups is 1. The maximum absolute atomic E-state index is 11.7. The van der Waals surface area contributed by atoms with Crippen LogP contribution in [-0.4, -0.2) is 28.4 Å². The van der Waals surface area contributed by atoms with Gasteiger partial charge in [0.2, 0.25) is 0 Å². The molecule has 0 spiro atoms. The number of nitrogens with zero attached hydrogens (tertiary/aromatic N) is 2. The summed E-state index contributed by atoms with van der Waals surface area (Å²) in [7, 11) is 0. The first-order valence-electron chi connectivity index (χ1n) is 6.29. The van der Waals surface area contributed by atoms with Crippen LogP contribution in [0.1, 0.15) is 31.7 Å². The number of rotatable bonds is 6. The zero-order valence-electron chi connectivity index (χ0n) is 11.3. The van der Waals surface area contributed by atoms with E-state index in [1.54, 1.807) is 0 Å². The van der Waals surface area contributed by atoms with Crippen molar-refractivity contribution in [2.45, 2.75) is 39.8 Å². The summed E-state index contributed by atoms with van der Waals surface area (Å²) in [5, 5.41) is 0. The second-order valence-corrected chi connectivity index (χ2v) is 4.27. The van der Waals surface area contributed by atoms with Crippen LogP contribution in [0, 0.1) is 6.92 Å². The van der Waals surface area contributed by atoms with E-state index >= 15 is 0 Å². The SMILES string of the molecule is CCC(C(=O)NN)N(CC)Cc1cccc(C)n1. The van der Waals surface area contributed by atoms with Crippen molar-refractivity contribution < 1.29 is 4.79 Å². The van der Waals surface area contributed by atoms with E-state index in [4.69, 9.17) is 5.84 Å². The molecule has 1 rings (SSSR count). The highest BCUT2D eigenvalue weighted by Gasteiger charge is 2.22.